The molecule has 0 radical (unpaired) electrons. The second kappa shape index (κ2) is 5.88. The number of anilines is 1. The van der Waals surface area contributed by atoms with Crippen LogP contribution >= 0.6 is 0 Å². The second-order valence-electron chi connectivity index (χ2n) is 5.56. The highest BCUT2D eigenvalue weighted by molar-refractivity contribution is 5.49. The van der Waals surface area contributed by atoms with Gasteiger partial charge >= 0.3 is 0 Å². The molecule has 4 heteroatoms. The molecule has 104 valence electrons. The van der Waals surface area contributed by atoms with Crippen molar-refractivity contribution in [3.05, 3.63) is 23.9 Å². The number of pyridine rings is 1. The van der Waals surface area contributed by atoms with Gasteiger partial charge in [0.1, 0.15) is 5.82 Å². The Bertz CT molecular complexity index is 416. The molecule has 0 aromatic carbocycles. The molecular weight excluding hydrogens is 238 g/mol. The van der Waals surface area contributed by atoms with Gasteiger partial charge in [-0.3, -0.25) is 0 Å². The van der Waals surface area contributed by atoms with Crippen molar-refractivity contribution in [3.8, 4) is 0 Å². The van der Waals surface area contributed by atoms with Crippen molar-refractivity contribution in [3.63, 3.8) is 0 Å². The van der Waals surface area contributed by atoms with Crippen LogP contribution in [-0.4, -0.2) is 37.3 Å². The molecule has 2 saturated carbocycles. The maximum absolute atomic E-state index is 5.23. The fraction of sp³-hybridized carbons (Fsp3) is 0.667. The number of hydrogen-bond donors (Lipinski definition) is 1. The summed E-state index contributed by atoms with van der Waals surface area (Å²) in [6.07, 6.45) is 7.13. The van der Waals surface area contributed by atoms with Gasteiger partial charge < -0.3 is 15.0 Å². The third kappa shape index (κ3) is 3.45. The molecule has 2 aliphatic rings. The van der Waals surface area contributed by atoms with Crippen LogP contribution in [0.15, 0.2) is 18.3 Å². The fourth-order valence-corrected chi connectivity index (χ4v) is 2.41. The summed E-state index contributed by atoms with van der Waals surface area (Å²) in [6, 6.07) is 5.64. The number of nitrogens with zero attached hydrogens (tertiary/aromatic N) is 2. The van der Waals surface area contributed by atoms with E-state index in [1.54, 1.807) is 7.11 Å². The number of nitrogens with one attached hydrogen (secondary N) is 1. The second-order valence-corrected chi connectivity index (χ2v) is 5.56. The van der Waals surface area contributed by atoms with Gasteiger partial charge in [-0.2, -0.15) is 0 Å². The summed E-state index contributed by atoms with van der Waals surface area (Å²) in [5.41, 5.74) is 1.32. The zero-order valence-electron chi connectivity index (χ0n) is 11.6. The van der Waals surface area contributed by atoms with Crippen molar-refractivity contribution < 1.29 is 4.74 Å². The Morgan fingerprint density at radius 1 is 1.37 bits per heavy atom. The van der Waals surface area contributed by atoms with Crippen LogP contribution in [0, 0.1) is 0 Å². The van der Waals surface area contributed by atoms with Crippen LogP contribution in [0.2, 0.25) is 0 Å². The standard InChI is InChI=1S/C15H23N3O/c1-19-10-9-18(14-6-7-14)15-12(3-2-8-16-15)11-17-13-4-5-13/h2-3,8,13-14,17H,4-7,9-11H2,1H3. The summed E-state index contributed by atoms with van der Waals surface area (Å²) in [5, 5.41) is 3.59. The van der Waals surface area contributed by atoms with Crippen molar-refractivity contribution in [2.75, 3.05) is 25.2 Å². The molecule has 4 nitrogen and oxygen atoms in total. The Morgan fingerprint density at radius 2 is 2.21 bits per heavy atom. The first-order valence-electron chi connectivity index (χ1n) is 7.31. The van der Waals surface area contributed by atoms with Crippen LogP contribution in [0.25, 0.3) is 0 Å². The molecule has 0 unspecified atom stereocenters. The van der Waals surface area contributed by atoms with Gasteiger partial charge in [0.25, 0.3) is 0 Å². The van der Waals surface area contributed by atoms with E-state index in [4.69, 9.17) is 4.74 Å². The van der Waals surface area contributed by atoms with E-state index >= 15 is 0 Å². The lowest BCUT2D eigenvalue weighted by Crippen LogP contribution is -2.32. The van der Waals surface area contributed by atoms with E-state index in [-0.39, 0.29) is 0 Å². The topological polar surface area (TPSA) is 37.4 Å². The third-order valence-corrected chi connectivity index (χ3v) is 3.82. The Labute approximate surface area is 115 Å². The molecule has 19 heavy (non-hydrogen) atoms. The zero-order chi connectivity index (χ0) is 13.1. The highest BCUT2D eigenvalue weighted by Crippen LogP contribution is 2.32. The molecule has 0 atom stereocenters. The summed E-state index contributed by atoms with van der Waals surface area (Å²) >= 11 is 0. The Morgan fingerprint density at radius 3 is 2.89 bits per heavy atom. The smallest absolute Gasteiger partial charge is 0.133 e. The lowest BCUT2D eigenvalue weighted by molar-refractivity contribution is 0.204. The SMILES string of the molecule is COCCN(c1ncccc1CNC1CC1)C1CC1. The first-order valence-corrected chi connectivity index (χ1v) is 7.31. The van der Waals surface area contributed by atoms with Gasteiger partial charge in [-0.15, -0.1) is 0 Å². The predicted octanol–water partition coefficient (Wildman–Crippen LogP) is 1.95. The van der Waals surface area contributed by atoms with Crippen LogP contribution in [-0.2, 0) is 11.3 Å². The highest BCUT2D eigenvalue weighted by atomic mass is 16.5. The van der Waals surface area contributed by atoms with E-state index in [1.807, 2.05) is 12.3 Å². The zero-order valence-corrected chi connectivity index (χ0v) is 11.6. The number of methoxy groups -OCH3 is 1. The largest absolute Gasteiger partial charge is 0.383 e. The normalized spacial score (nSPS) is 18.6. The Kier molecular flexibility index (Phi) is 3.99. The monoisotopic (exact) mass is 261 g/mol. The van der Waals surface area contributed by atoms with Crippen molar-refractivity contribution in [1.29, 1.82) is 0 Å². The van der Waals surface area contributed by atoms with Gasteiger partial charge in [-0.05, 0) is 31.7 Å². The van der Waals surface area contributed by atoms with Crippen LogP contribution in [0.5, 0.6) is 0 Å². The van der Waals surface area contributed by atoms with E-state index in [9.17, 15) is 0 Å². The molecular formula is C15H23N3O. The number of ether oxygens (including phenoxy) is 1. The first-order chi connectivity index (χ1) is 9.38. The first kappa shape index (κ1) is 12.9. The minimum atomic E-state index is 0.671. The summed E-state index contributed by atoms with van der Waals surface area (Å²) in [7, 11) is 1.76. The summed E-state index contributed by atoms with van der Waals surface area (Å²) in [5.74, 6) is 1.15. The molecule has 0 spiro atoms. The molecule has 0 bridgehead atoms. The molecule has 1 heterocycles. The van der Waals surface area contributed by atoms with Crippen LogP contribution in [0.3, 0.4) is 0 Å². The van der Waals surface area contributed by atoms with Gasteiger partial charge in [0, 0.05) is 44.0 Å². The number of aromatic nitrogens is 1. The lowest BCUT2D eigenvalue weighted by atomic mass is 10.2. The molecule has 1 N–H and O–H groups in total. The van der Waals surface area contributed by atoms with E-state index in [2.05, 4.69) is 21.3 Å². The van der Waals surface area contributed by atoms with Crippen molar-refractivity contribution in [2.45, 2.75) is 44.3 Å². The van der Waals surface area contributed by atoms with Gasteiger partial charge in [0.05, 0.1) is 6.61 Å². The molecule has 2 fully saturated rings. The van der Waals surface area contributed by atoms with Gasteiger partial charge in [-0.25, -0.2) is 4.98 Å². The molecule has 0 aliphatic heterocycles. The predicted molar refractivity (Wildman–Crippen MR) is 76.3 cm³/mol. The van der Waals surface area contributed by atoms with E-state index in [0.717, 1.165) is 31.6 Å². The molecule has 1 aromatic rings. The molecule has 3 rings (SSSR count). The van der Waals surface area contributed by atoms with Gasteiger partial charge in [0.2, 0.25) is 0 Å². The van der Waals surface area contributed by atoms with E-state index < -0.39 is 0 Å². The van der Waals surface area contributed by atoms with Crippen LogP contribution in [0.1, 0.15) is 31.2 Å². The lowest BCUT2D eigenvalue weighted by Gasteiger charge is -2.25. The minimum Gasteiger partial charge on any atom is -0.383 e. The molecule has 1 aromatic heterocycles. The average Bonchev–Trinajstić information content (AvgIpc) is 3.30. The summed E-state index contributed by atoms with van der Waals surface area (Å²) in [6.45, 7) is 2.64. The molecule has 0 amide bonds. The van der Waals surface area contributed by atoms with E-state index in [0.29, 0.717) is 6.04 Å². The highest BCUT2D eigenvalue weighted by Gasteiger charge is 2.31. The van der Waals surface area contributed by atoms with E-state index in [1.165, 1.54) is 31.2 Å². The Balaban J connectivity index is 1.71. The van der Waals surface area contributed by atoms with Crippen LogP contribution < -0.4 is 10.2 Å². The van der Waals surface area contributed by atoms with Gasteiger partial charge in [0.15, 0.2) is 0 Å². The van der Waals surface area contributed by atoms with Crippen molar-refractivity contribution >= 4 is 5.82 Å². The molecule has 2 aliphatic carbocycles. The number of rotatable bonds is 8. The average molecular weight is 261 g/mol. The molecule has 0 saturated heterocycles. The maximum atomic E-state index is 5.23. The Hall–Kier alpha value is -1.13. The summed E-state index contributed by atoms with van der Waals surface area (Å²) < 4.78 is 5.23. The van der Waals surface area contributed by atoms with Crippen molar-refractivity contribution in [1.82, 2.24) is 10.3 Å². The van der Waals surface area contributed by atoms with Gasteiger partial charge in [-0.1, -0.05) is 6.07 Å². The maximum Gasteiger partial charge on any atom is 0.133 e. The summed E-state index contributed by atoms with van der Waals surface area (Å²) in [4.78, 5) is 7.05. The third-order valence-electron chi connectivity index (χ3n) is 3.82. The fourth-order valence-electron chi connectivity index (χ4n) is 2.41. The van der Waals surface area contributed by atoms with Crippen molar-refractivity contribution in [2.24, 2.45) is 0 Å². The van der Waals surface area contributed by atoms with Crippen LogP contribution in [0.4, 0.5) is 5.82 Å². The quantitative estimate of drug-likeness (QED) is 0.776. The number of hydrogen-bond acceptors (Lipinski definition) is 4. The minimum absolute atomic E-state index is 0.671.